The minimum atomic E-state index is -0.504. The lowest BCUT2D eigenvalue weighted by atomic mass is 11.9. The molecule has 0 saturated carbocycles. The van der Waals surface area contributed by atoms with Gasteiger partial charge < -0.3 is 0 Å². The first-order valence-electron chi connectivity index (χ1n) is 1.03. The molecule has 0 aliphatic heterocycles. The van der Waals surface area contributed by atoms with E-state index in [2.05, 4.69) is 31.0 Å². The van der Waals surface area contributed by atoms with Crippen molar-refractivity contribution in [2.24, 2.45) is 0 Å². The van der Waals surface area contributed by atoms with Gasteiger partial charge in [0.05, 0.1) is 5.33 Å². The summed E-state index contributed by atoms with van der Waals surface area (Å²) in [7, 11) is 0. The smallest absolute Gasteiger partial charge is 0.0984 e. The molecule has 0 rings (SSSR count). The molecule has 0 amide bonds. The Balaban J connectivity index is 2.99. The fourth-order valence-electron chi connectivity index (χ4n) is 0. The third-order valence-electron chi connectivity index (χ3n) is 0.148. The molecule has 0 bridgehead atoms. The molecule has 0 aromatic rings. The Morgan fingerprint density at radius 2 is 1.50 bits per heavy atom. The van der Waals surface area contributed by atoms with Crippen LogP contribution in [0.3, 0.4) is 0 Å². The zero-order chi connectivity index (χ0) is 5.15. The largest absolute Gasteiger partial charge is 0.146 e. The van der Waals surface area contributed by atoms with Crippen molar-refractivity contribution in [2.75, 3.05) is 0 Å². The zero-order valence-corrected chi connectivity index (χ0v) is 8.11. The summed E-state index contributed by atoms with van der Waals surface area (Å²) in [6.45, 7) is 0. The number of hydrogen-bond donors (Lipinski definition) is 0. The van der Waals surface area contributed by atoms with Crippen molar-refractivity contribution < 1.29 is 0 Å². The normalized spacial score (nSPS) is 11.0. The van der Waals surface area contributed by atoms with Gasteiger partial charge in [0.25, 0.3) is 0 Å². The molecule has 0 fully saturated rings. The first kappa shape index (κ1) is 7.97. The van der Waals surface area contributed by atoms with E-state index in [4.69, 9.17) is 23.2 Å². The van der Waals surface area contributed by atoms with Crippen molar-refractivity contribution in [3.05, 3.63) is 0 Å². The SMILES string of the molecule is ClC(Cl)P(Br)Br. The van der Waals surface area contributed by atoms with Crippen LogP contribution in [0.5, 0.6) is 0 Å². The Kier molecular flexibility index (Phi) is 5.19. The van der Waals surface area contributed by atoms with Gasteiger partial charge >= 0.3 is 0 Å². The highest BCUT2D eigenvalue weighted by molar-refractivity contribution is 9.69. The molecule has 0 aliphatic carbocycles. The van der Waals surface area contributed by atoms with Crippen molar-refractivity contribution in [1.29, 1.82) is 0 Å². The number of hydrogen-bond acceptors (Lipinski definition) is 0. The van der Waals surface area contributed by atoms with Crippen LogP contribution < -0.4 is 0 Å². The predicted molar refractivity (Wildman–Crippen MR) is 40.3 cm³/mol. The highest BCUT2D eigenvalue weighted by Gasteiger charge is 2.05. The quantitative estimate of drug-likeness (QED) is 0.503. The fraction of sp³-hybridized carbons (Fsp3) is 1.00. The predicted octanol–water partition coefficient (Wildman–Crippen LogP) is 3.85. The molecule has 0 aliphatic rings. The molecule has 0 heterocycles. The van der Waals surface area contributed by atoms with Gasteiger partial charge in [0.1, 0.15) is 4.58 Å². The molecule has 38 valence electrons. The Bertz CT molecular complexity index is 32.5. The summed E-state index contributed by atoms with van der Waals surface area (Å²) in [5, 5.41) is -0.504. The second-order valence-electron chi connectivity index (χ2n) is 0.537. The van der Waals surface area contributed by atoms with Crippen LogP contribution in [-0.2, 0) is 0 Å². The first-order valence-corrected chi connectivity index (χ1v) is 7.35. The molecular weight excluding hydrogens is 274 g/mol. The number of alkyl halides is 2. The van der Waals surface area contributed by atoms with Gasteiger partial charge in [0, 0.05) is 0 Å². The third kappa shape index (κ3) is 4.14. The van der Waals surface area contributed by atoms with Crippen LogP contribution in [0.25, 0.3) is 0 Å². The van der Waals surface area contributed by atoms with Crippen molar-refractivity contribution in [1.82, 2.24) is 0 Å². The Morgan fingerprint density at radius 3 is 1.50 bits per heavy atom. The lowest BCUT2D eigenvalue weighted by Gasteiger charge is -1.95. The lowest BCUT2D eigenvalue weighted by Crippen LogP contribution is -1.65. The van der Waals surface area contributed by atoms with Crippen molar-refractivity contribution >= 4 is 59.5 Å². The van der Waals surface area contributed by atoms with E-state index in [9.17, 15) is 0 Å². The van der Waals surface area contributed by atoms with Gasteiger partial charge in [-0.3, -0.25) is 0 Å². The molecule has 0 nitrogen and oxygen atoms in total. The monoisotopic (exact) mass is 272 g/mol. The van der Waals surface area contributed by atoms with Gasteiger partial charge in [-0.2, -0.15) is 0 Å². The van der Waals surface area contributed by atoms with Crippen LogP contribution in [0.15, 0.2) is 0 Å². The van der Waals surface area contributed by atoms with Crippen molar-refractivity contribution in [3.63, 3.8) is 0 Å². The van der Waals surface area contributed by atoms with Gasteiger partial charge in [-0.25, -0.2) is 0 Å². The summed E-state index contributed by atoms with van der Waals surface area (Å²) in [5.41, 5.74) is 0. The molecule has 0 radical (unpaired) electrons. The molecule has 0 saturated heterocycles. The van der Waals surface area contributed by atoms with Gasteiger partial charge in [0.2, 0.25) is 0 Å². The van der Waals surface area contributed by atoms with E-state index in [1.807, 2.05) is 0 Å². The molecule has 0 aromatic heterocycles. The number of halogens is 4. The summed E-state index contributed by atoms with van der Waals surface area (Å²) in [6.07, 6.45) is 0. The molecule has 0 unspecified atom stereocenters. The molecule has 5 heteroatoms. The second kappa shape index (κ2) is 3.91. The summed E-state index contributed by atoms with van der Waals surface area (Å²) in [4.78, 5) is 0. The average molecular weight is 275 g/mol. The summed E-state index contributed by atoms with van der Waals surface area (Å²) in [6, 6.07) is 0. The van der Waals surface area contributed by atoms with Gasteiger partial charge in [-0.1, -0.05) is 23.2 Å². The van der Waals surface area contributed by atoms with Crippen LogP contribution in [0.2, 0.25) is 0 Å². The minimum Gasteiger partial charge on any atom is -0.0984 e. The second-order valence-corrected chi connectivity index (χ2v) is 10.7. The summed E-state index contributed by atoms with van der Waals surface area (Å²) >= 11 is 16.9. The van der Waals surface area contributed by atoms with E-state index in [1.54, 1.807) is 0 Å². The fourth-order valence-corrected chi connectivity index (χ4v) is 0. The molecule has 0 aromatic carbocycles. The lowest BCUT2D eigenvalue weighted by molar-refractivity contribution is 2.00. The van der Waals surface area contributed by atoms with Crippen molar-refractivity contribution in [3.8, 4) is 0 Å². The first-order chi connectivity index (χ1) is 2.64. The van der Waals surface area contributed by atoms with Crippen LogP contribution in [-0.4, -0.2) is 4.58 Å². The summed E-state index contributed by atoms with van der Waals surface area (Å²) in [5.74, 6) is 0. The van der Waals surface area contributed by atoms with Crippen LogP contribution in [0.4, 0.5) is 0 Å². The van der Waals surface area contributed by atoms with E-state index in [1.165, 1.54) is 0 Å². The highest BCUT2D eigenvalue weighted by Crippen LogP contribution is 2.59. The standard InChI is InChI=1S/CHBr2Cl2P/c2-6(3)1(4)5/h1H. The Labute approximate surface area is 63.8 Å². The maximum atomic E-state index is 5.31. The maximum absolute atomic E-state index is 5.31. The van der Waals surface area contributed by atoms with E-state index in [-0.39, 0.29) is 4.58 Å². The molecule has 6 heavy (non-hydrogen) atoms. The van der Waals surface area contributed by atoms with Crippen LogP contribution in [0, 0.1) is 0 Å². The van der Waals surface area contributed by atoms with E-state index >= 15 is 0 Å². The van der Waals surface area contributed by atoms with Crippen LogP contribution in [0.1, 0.15) is 0 Å². The van der Waals surface area contributed by atoms with E-state index in [0.717, 1.165) is 0 Å². The van der Waals surface area contributed by atoms with Crippen molar-refractivity contribution in [2.45, 2.75) is 4.58 Å². The third-order valence-corrected chi connectivity index (χ3v) is 6.90. The van der Waals surface area contributed by atoms with E-state index in [0.29, 0.717) is 0 Å². The van der Waals surface area contributed by atoms with Crippen LogP contribution >= 0.6 is 59.5 Å². The highest BCUT2D eigenvalue weighted by atomic mass is 79.9. The molecular formula is CHBr2Cl2P. The average Bonchev–Trinajstić information content (AvgIpc) is 1.36. The summed E-state index contributed by atoms with van der Waals surface area (Å²) < 4.78 is -0.306. The molecule has 0 spiro atoms. The Hall–Kier alpha value is 1.97. The van der Waals surface area contributed by atoms with Gasteiger partial charge in [-0.05, 0) is 31.0 Å². The van der Waals surface area contributed by atoms with Gasteiger partial charge in [-0.15, -0.1) is 0 Å². The number of rotatable bonds is 1. The minimum absolute atomic E-state index is 0.306. The maximum Gasteiger partial charge on any atom is 0.146 e. The Morgan fingerprint density at radius 1 is 1.33 bits per heavy atom. The van der Waals surface area contributed by atoms with Gasteiger partial charge in [0.15, 0.2) is 0 Å². The zero-order valence-electron chi connectivity index (χ0n) is 2.54. The molecule has 0 atom stereocenters. The topological polar surface area (TPSA) is 0 Å². The molecule has 0 N–H and O–H groups in total. The van der Waals surface area contributed by atoms with E-state index < -0.39 is 5.33 Å².